The number of carbonyl (C=O) groups is 3. The minimum atomic E-state index is -1.22. The predicted octanol–water partition coefficient (Wildman–Crippen LogP) is 5.29. The van der Waals surface area contributed by atoms with Gasteiger partial charge in [-0.2, -0.15) is 0 Å². The summed E-state index contributed by atoms with van der Waals surface area (Å²) in [6, 6.07) is 13.2. The monoisotopic (exact) mass is 567 g/mol. The van der Waals surface area contributed by atoms with Gasteiger partial charge in [0.2, 0.25) is 17.7 Å². The topological polar surface area (TPSA) is 87.7 Å². The molecule has 1 aliphatic carbocycles. The standard InChI is InChI=1S/C30H31Cl2N3O4/c1-17(18-8-4-2-5-9-18)35-26(28(37)33-21-10-6-3-7-11-21)30-13-12-23(39-30)24(25(30)29(35)38)27(36)34-22-15-19(31)14-20(32)16-22/h2,4-5,8-9,12-17,21,23-26H,3,6-7,10-11H2,1H3,(H,33,37)(H,34,36)/t17-,23+,24-,25+,26-,30+/m1/s1. The van der Waals surface area contributed by atoms with Crippen LogP contribution >= 0.6 is 23.2 Å². The van der Waals surface area contributed by atoms with Gasteiger partial charge in [-0.15, -0.1) is 0 Å². The molecule has 0 aromatic heterocycles. The molecule has 6 atom stereocenters. The Kier molecular flexibility index (Phi) is 6.94. The van der Waals surface area contributed by atoms with Crippen LogP contribution in [-0.4, -0.2) is 46.4 Å². The first-order chi connectivity index (χ1) is 18.8. The van der Waals surface area contributed by atoms with Crippen LogP contribution in [0.2, 0.25) is 10.0 Å². The summed E-state index contributed by atoms with van der Waals surface area (Å²) < 4.78 is 6.46. The average molecular weight is 569 g/mol. The molecule has 2 N–H and O–H groups in total. The van der Waals surface area contributed by atoms with Crippen molar-refractivity contribution in [2.45, 2.75) is 68.9 Å². The molecule has 3 fully saturated rings. The molecule has 39 heavy (non-hydrogen) atoms. The normalized spacial score (nSPS) is 30.3. The molecule has 9 heteroatoms. The minimum absolute atomic E-state index is 0.0694. The first kappa shape index (κ1) is 26.4. The van der Waals surface area contributed by atoms with E-state index in [0.29, 0.717) is 15.7 Å². The van der Waals surface area contributed by atoms with E-state index in [0.717, 1.165) is 31.2 Å². The van der Waals surface area contributed by atoms with E-state index < -0.39 is 35.6 Å². The molecule has 2 saturated heterocycles. The van der Waals surface area contributed by atoms with Crippen molar-refractivity contribution in [1.29, 1.82) is 0 Å². The molecule has 3 aliphatic heterocycles. The maximum atomic E-state index is 14.3. The average Bonchev–Trinajstić information content (AvgIpc) is 3.56. The third kappa shape index (κ3) is 4.54. The number of hydrogen-bond donors (Lipinski definition) is 2. The number of hydrogen-bond acceptors (Lipinski definition) is 4. The molecule has 1 saturated carbocycles. The Morgan fingerprint density at radius 3 is 2.41 bits per heavy atom. The Bertz CT molecular complexity index is 1310. The highest BCUT2D eigenvalue weighted by molar-refractivity contribution is 6.35. The lowest BCUT2D eigenvalue weighted by Crippen LogP contribution is -2.56. The summed E-state index contributed by atoms with van der Waals surface area (Å²) in [7, 11) is 0. The zero-order valence-corrected chi connectivity index (χ0v) is 23.1. The first-order valence-electron chi connectivity index (χ1n) is 13.6. The SMILES string of the molecule is C[C@H](c1ccccc1)N1C(=O)[C@@H]2[C@H](C(=O)Nc3cc(Cl)cc(Cl)c3)[C@@H]3C=C[C@@]2(O3)[C@H]1C(=O)NC1CCCCC1. The fourth-order valence-electron chi connectivity index (χ4n) is 6.89. The quantitative estimate of drug-likeness (QED) is 0.464. The van der Waals surface area contributed by atoms with Gasteiger partial charge in [-0.3, -0.25) is 14.4 Å². The second kappa shape index (κ2) is 10.3. The largest absolute Gasteiger partial charge is 0.359 e. The lowest BCUT2D eigenvalue weighted by molar-refractivity contribution is -0.143. The molecule has 2 aromatic carbocycles. The predicted molar refractivity (Wildman–Crippen MR) is 149 cm³/mol. The van der Waals surface area contributed by atoms with Crippen LogP contribution in [-0.2, 0) is 19.1 Å². The molecule has 7 nitrogen and oxygen atoms in total. The Hall–Kier alpha value is -2.87. The molecular weight excluding hydrogens is 537 g/mol. The number of nitrogens with zero attached hydrogens (tertiary/aromatic N) is 1. The fourth-order valence-corrected chi connectivity index (χ4v) is 7.42. The summed E-state index contributed by atoms with van der Waals surface area (Å²) in [4.78, 5) is 43.6. The van der Waals surface area contributed by atoms with Gasteiger partial charge in [0.25, 0.3) is 0 Å². The van der Waals surface area contributed by atoms with Crippen molar-refractivity contribution < 1.29 is 19.1 Å². The molecule has 1 spiro atoms. The van der Waals surface area contributed by atoms with Crippen molar-refractivity contribution >= 4 is 46.6 Å². The van der Waals surface area contributed by atoms with Crippen LogP contribution in [0.5, 0.6) is 0 Å². The van der Waals surface area contributed by atoms with Gasteiger partial charge in [0.15, 0.2) is 0 Å². The zero-order chi connectivity index (χ0) is 27.3. The Labute approximate surface area is 237 Å². The Morgan fingerprint density at radius 2 is 1.72 bits per heavy atom. The molecule has 6 rings (SSSR count). The smallest absolute Gasteiger partial charge is 0.246 e. The van der Waals surface area contributed by atoms with Gasteiger partial charge in [-0.05, 0) is 43.5 Å². The summed E-state index contributed by atoms with van der Waals surface area (Å²) in [5.41, 5.74) is 0.119. The van der Waals surface area contributed by atoms with Crippen LogP contribution in [0, 0.1) is 11.8 Å². The van der Waals surface area contributed by atoms with Crippen molar-refractivity contribution in [3.63, 3.8) is 0 Å². The van der Waals surface area contributed by atoms with E-state index in [1.165, 1.54) is 6.42 Å². The lowest BCUT2D eigenvalue weighted by Gasteiger charge is -2.37. The number of likely N-dealkylation sites (tertiary alicyclic amines) is 1. The number of rotatable bonds is 6. The molecule has 0 radical (unpaired) electrons. The van der Waals surface area contributed by atoms with Crippen LogP contribution in [0.3, 0.4) is 0 Å². The van der Waals surface area contributed by atoms with Crippen LogP contribution in [0.15, 0.2) is 60.7 Å². The lowest BCUT2D eigenvalue weighted by atomic mass is 9.74. The van der Waals surface area contributed by atoms with Gasteiger partial charge in [-0.25, -0.2) is 0 Å². The van der Waals surface area contributed by atoms with E-state index in [1.807, 2.05) is 49.4 Å². The molecule has 2 bridgehead atoms. The van der Waals surface area contributed by atoms with Gasteiger partial charge in [-0.1, -0.05) is 84.9 Å². The highest BCUT2D eigenvalue weighted by atomic mass is 35.5. The summed E-state index contributed by atoms with van der Waals surface area (Å²) in [5, 5.41) is 6.87. The molecule has 204 valence electrons. The number of fused-ring (bicyclic) bond motifs is 1. The van der Waals surface area contributed by atoms with Crippen molar-refractivity contribution in [2.75, 3.05) is 5.32 Å². The number of amides is 3. The highest BCUT2D eigenvalue weighted by Crippen LogP contribution is 2.56. The number of halogens is 2. The number of carbonyl (C=O) groups excluding carboxylic acids is 3. The Balaban J connectivity index is 1.35. The number of benzene rings is 2. The van der Waals surface area contributed by atoms with Crippen LogP contribution in [0.25, 0.3) is 0 Å². The van der Waals surface area contributed by atoms with E-state index in [-0.39, 0.29) is 23.8 Å². The molecule has 2 aromatic rings. The van der Waals surface area contributed by atoms with Crippen LogP contribution in [0.1, 0.15) is 50.6 Å². The van der Waals surface area contributed by atoms with E-state index in [2.05, 4.69) is 10.6 Å². The maximum Gasteiger partial charge on any atom is 0.246 e. The van der Waals surface area contributed by atoms with E-state index in [9.17, 15) is 14.4 Å². The number of ether oxygens (including phenoxy) is 1. The van der Waals surface area contributed by atoms with Gasteiger partial charge in [0, 0.05) is 21.8 Å². The summed E-state index contributed by atoms with van der Waals surface area (Å²) in [6.45, 7) is 1.92. The van der Waals surface area contributed by atoms with Crippen molar-refractivity contribution in [2.24, 2.45) is 11.8 Å². The van der Waals surface area contributed by atoms with Gasteiger partial charge in [0.1, 0.15) is 11.6 Å². The Morgan fingerprint density at radius 1 is 1.03 bits per heavy atom. The van der Waals surface area contributed by atoms with E-state index in [1.54, 1.807) is 23.1 Å². The third-order valence-electron chi connectivity index (χ3n) is 8.64. The van der Waals surface area contributed by atoms with Crippen molar-refractivity contribution in [3.8, 4) is 0 Å². The molecule has 3 amide bonds. The number of anilines is 1. The van der Waals surface area contributed by atoms with Gasteiger partial charge < -0.3 is 20.3 Å². The van der Waals surface area contributed by atoms with Crippen LogP contribution in [0.4, 0.5) is 5.69 Å². The fraction of sp³-hybridized carbons (Fsp3) is 0.433. The van der Waals surface area contributed by atoms with E-state index in [4.69, 9.17) is 27.9 Å². The van der Waals surface area contributed by atoms with Crippen molar-refractivity contribution in [1.82, 2.24) is 10.2 Å². The zero-order valence-electron chi connectivity index (χ0n) is 21.6. The third-order valence-corrected chi connectivity index (χ3v) is 9.08. The molecular formula is C30H31Cl2N3O4. The summed E-state index contributed by atoms with van der Waals surface area (Å²) in [6.07, 6.45) is 8.18. The second-order valence-corrected chi connectivity index (χ2v) is 11.9. The van der Waals surface area contributed by atoms with Gasteiger partial charge in [0.05, 0.1) is 24.0 Å². The van der Waals surface area contributed by atoms with Gasteiger partial charge >= 0.3 is 0 Å². The second-order valence-electron chi connectivity index (χ2n) is 11.0. The summed E-state index contributed by atoms with van der Waals surface area (Å²) >= 11 is 12.3. The first-order valence-corrected chi connectivity index (χ1v) is 14.4. The molecule has 0 unspecified atom stereocenters. The molecule has 4 aliphatic rings. The maximum absolute atomic E-state index is 14.3. The highest BCUT2D eigenvalue weighted by Gasteiger charge is 2.73. The van der Waals surface area contributed by atoms with E-state index >= 15 is 0 Å². The number of nitrogens with one attached hydrogen (secondary N) is 2. The minimum Gasteiger partial charge on any atom is -0.359 e. The summed E-state index contributed by atoms with van der Waals surface area (Å²) in [5.74, 6) is -2.50. The van der Waals surface area contributed by atoms with Crippen LogP contribution < -0.4 is 10.6 Å². The van der Waals surface area contributed by atoms with Crippen molar-refractivity contribution in [3.05, 3.63) is 76.3 Å². The molecule has 3 heterocycles.